The molecule has 1 N–H and O–H groups in total. The van der Waals surface area contributed by atoms with Crippen LogP contribution in [0.2, 0.25) is 5.02 Å². The summed E-state index contributed by atoms with van der Waals surface area (Å²) in [5, 5.41) is 3.51. The summed E-state index contributed by atoms with van der Waals surface area (Å²) < 4.78 is 10.9. The highest BCUT2D eigenvalue weighted by Gasteiger charge is 2.09. The van der Waals surface area contributed by atoms with Gasteiger partial charge in [-0.25, -0.2) is 0 Å². The zero-order chi connectivity index (χ0) is 16.9. The molecule has 0 fully saturated rings. The molecule has 24 heavy (non-hydrogen) atoms. The van der Waals surface area contributed by atoms with E-state index in [9.17, 15) is 4.79 Å². The fraction of sp³-hybridized carbons (Fsp3) is 0.105. The van der Waals surface area contributed by atoms with E-state index in [-0.39, 0.29) is 5.91 Å². The predicted octanol–water partition coefficient (Wildman–Crippen LogP) is 4.54. The van der Waals surface area contributed by atoms with Crippen LogP contribution in [0.5, 0.6) is 5.75 Å². The number of amides is 1. The summed E-state index contributed by atoms with van der Waals surface area (Å²) >= 11 is 5.88. The Hall–Kier alpha value is -2.72. The summed E-state index contributed by atoms with van der Waals surface area (Å²) in [6.07, 6.45) is 0. The van der Waals surface area contributed by atoms with Gasteiger partial charge in [-0.3, -0.25) is 4.79 Å². The van der Waals surface area contributed by atoms with Crippen molar-refractivity contribution in [2.24, 2.45) is 0 Å². The van der Waals surface area contributed by atoms with Crippen LogP contribution in [0, 0.1) is 0 Å². The van der Waals surface area contributed by atoms with Gasteiger partial charge in [-0.2, -0.15) is 0 Å². The third kappa shape index (κ3) is 3.78. The summed E-state index contributed by atoms with van der Waals surface area (Å²) in [5.41, 5.74) is 1.48. The van der Waals surface area contributed by atoms with Gasteiger partial charge >= 0.3 is 0 Å². The van der Waals surface area contributed by atoms with Gasteiger partial charge in [0.1, 0.15) is 17.3 Å². The van der Waals surface area contributed by atoms with Gasteiger partial charge in [0, 0.05) is 16.1 Å². The SMILES string of the molecule is COc1cccc(C(=O)NCc2ccc(-c3ccc(Cl)cc3)o2)c1. The Bertz CT molecular complexity index is 840. The molecule has 0 bridgehead atoms. The molecule has 5 heteroatoms. The first-order chi connectivity index (χ1) is 11.7. The molecule has 0 spiro atoms. The lowest BCUT2D eigenvalue weighted by atomic mass is 10.2. The van der Waals surface area contributed by atoms with Crippen molar-refractivity contribution in [2.75, 3.05) is 7.11 Å². The van der Waals surface area contributed by atoms with E-state index in [1.165, 1.54) is 0 Å². The van der Waals surface area contributed by atoms with Crippen LogP contribution in [0.25, 0.3) is 11.3 Å². The quantitative estimate of drug-likeness (QED) is 0.741. The van der Waals surface area contributed by atoms with E-state index in [2.05, 4.69) is 5.32 Å². The number of hydrogen-bond acceptors (Lipinski definition) is 3. The first-order valence-electron chi connectivity index (χ1n) is 7.42. The second kappa shape index (κ2) is 7.23. The number of halogens is 1. The van der Waals surface area contributed by atoms with E-state index < -0.39 is 0 Å². The standard InChI is InChI=1S/C19H16ClNO3/c1-23-16-4-2-3-14(11-16)19(22)21-12-17-9-10-18(24-17)13-5-7-15(20)8-6-13/h2-11H,12H2,1H3,(H,21,22). The molecule has 1 heterocycles. The van der Waals surface area contributed by atoms with E-state index in [4.69, 9.17) is 20.8 Å². The molecule has 0 atom stereocenters. The zero-order valence-electron chi connectivity index (χ0n) is 13.1. The lowest BCUT2D eigenvalue weighted by Crippen LogP contribution is -2.22. The Morgan fingerprint density at radius 3 is 2.67 bits per heavy atom. The van der Waals surface area contributed by atoms with Gasteiger partial charge in [-0.1, -0.05) is 17.7 Å². The third-order valence-corrected chi connectivity index (χ3v) is 3.80. The van der Waals surface area contributed by atoms with E-state index in [1.807, 2.05) is 36.4 Å². The smallest absolute Gasteiger partial charge is 0.251 e. The average molecular weight is 342 g/mol. The van der Waals surface area contributed by atoms with Gasteiger partial charge in [0.05, 0.1) is 13.7 Å². The zero-order valence-corrected chi connectivity index (χ0v) is 13.8. The van der Waals surface area contributed by atoms with Crippen molar-refractivity contribution in [1.82, 2.24) is 5.32 Å². The molecular formula is C19H16ClNO3. The Balaban J connectivity index is 1.64. The minimum absolute atomic E-state index is 0.182. The second-order valence-corrected chi connectivity index (χ2v) is 5.62. The molecular weight excluding hydrogens is 326 g/mol. The Morgan fingerprint density at radius 2 is 1.92 bits per heavy atom. The van der Waals surface area contributed by atoms with Crippen LogP contribution in [-0.4, -0.2) is 13.0 Å². The molecule has 1 aromatic heterocycles. The molecule has 0 aliphatic heterocycles. The van der Waals surface area contributed by atoms with Crippen LogP contribution >= 0.6 is 11.6 Å². The topological polar surface area (TPSA) is 51.5 Å². The number of hydrogen-bond donors (Lipinski definition) is 1. The van der Waals surface area contributed by atoms with Crippen molar-refractivity contribution in [3.63, 3.8) is 0 Å². The number of ether oxygens (including phenoxy) is 1. The fourth-order valence-electron chi connectivity index (χ4n) is 2.28. The maximum atomic E-state index is 12.2. The number of methoxy groups -OCH3 is 1. The van der Waals surface area contributed by atoms with E-state index in [0.29, 0.717) is 28.6 Å². The molecule has 0 saturated carbocycles. The van der Waals surface area contributed by atoms with Gasteiger partial charge in [0.25, 0.3) is 5.91 Å². The number of carbonyl (C=O) groups is 1. The van der Waals surface area contributed by atoms with Crippen molar-refractivity contribution in [3.05, 3.63) is 77.0 Å². The lowest BCUT2D eigenvalue weighted by Gasteiger charge is -2.05. The van der Waals surface area contributed by atoms with Gasteiger partial charge < -0.3 is 14.5 Å². The highest BCUT2D eigenvalue weighted by Crippen LogP contribution is 2.23. The molecule has 1 amide bonds. The molecule has 122 valence electrons. The summed E-state index contributed by atoms with van der Waals surface area (Å²) in [5.74, 6) is 1.87. The molecule has 3 aromatic rings. The normalized spacial score (nSPS) is 10.4. The number of furan rings is 1. The summed E-state index contributed by atoms with van der Waals surface area (Å²) in [6.45, 7) is 0.309. The number of nitrogens with one attached hydrogen (secondary N) is 1. The van der Waals surface area contributed by atoms with E-state index >= 15 is 0 Å². The van der Waals surface area contributed by atoms with Crippen molar-refractivity contribution in [1.29, 1.82) is 0 Å². The minimum atomic E-state index is -0.182. The molecule has 0 saturated heterocycles. The van der Waals surface area contributed by atoms with Crippen molar-refractivity contribution in [3.8, 4) is 17.1 Å². The molecule has 4 nitrogen and oxygen atoms in total. The highest BCUT2D eigenvalue weighted by molar-refractivity contribution is 6.30. The molecule has 0 aliphatic carbocycles. The Labute approximate surface area is 145 Å². The van der Waals surface area contributed by atoms with Gasteiger partial charge in [-0.15, -0.1) is 0 Å². The van der Waals surface area contributed by atoms with Crippen LogP contribution in [0.4, 0.5) is 0 Å². The first kappa shape index (κ1) is 16.1. The fourth-order valence-corrected chi connectivity index (χ4v) is 2.40. The third-order valence-electron chi connectivity index (χ3n) is 3.55. The Morgan fingerprint density at radius 1 is 1.12 bits per heavy atom. The summed E-state index contributed by atoms with van der Waals surface area (Å²) in [6, 6.07) is 18.1. The molecule has 0 radical (unpaired) electrons. The number of carbonyl (C=O) groups excluding carboxylic acids is 1. The number of benzene rings is 2. The van der Waals surface area contributed by atoms with Gasteiger partial charge in [0.2, 0.25) is 0 Å². The highest BCUT2D eigenvalue weighted by atomic mass is 35.5. The van der Waals surface area contributed by atoms with Crippen LogP contribution < -0.4 is 10.1 Å². The van der Waals surface area contributed by atoms with Gasteiger partial charge in [0.15, 0.2) is 0 Å². The van der Waals surface area contributed by atoms with Crippen molar-refractivity contribution >= 4 is 17.5 Å². The van der Waals surface area contributed by atoms with Crippen LogP contribution in [0.3, 0.4) is 0 Å². The molecule has 2 aromatic carbocycles. The van der Waals surface area contributed by atoms with E-state index in [0.717, 1.165) is 11.3 Å². The van der Waals surface area contributed by atoms with Gasteiger partial charge in [-0.05, 0) is 54.6 Å². The first-order valence-corrected chi connectivity index (χ1v) is 7.80. The maximum Gasteiger partial charge on any atom is 0.251 e. The van der Waals surface area contributed by atoms with Crippen LogP contribution in [0.15, 0.2) is 65.1 Å². The van der Waals surface area contributed by atoms with Crippen molar-refractivity contribution in [2.45, 2.75) is 6.54 Å². The summed E-state index contributed by atoms with van der Waals surface area (Å²) in [7, 11) is 1.57. The molecule has 3 rings (SSSR count). The lowest BCUT2D eigenvalue weighted by molar-refractivity contribution is 0.0948. The summed E-state index contributed by atoms with van der Waals surface area (Å²) in [4.78, 5) is 12.2. The largest absolute Gasteiger partial charge is 0.497 e. The Kier molecular flexibility index (Phi) is 4.87. The predicted molar refractivity (Wildman–Crippen MR) is 93.3 cm³/mol. The minimum Gasteiger partial charge on any atom is -0.497 e. The maximum absolute atomic E-state index is 12.2. The monoisotopic (exact) mass is 341 g/mol. The second-order valence-electron chi connectivity index (χ2n) is 5.19. The van der Waals surface area contributed by atoms with E-state index in [1.54, 1.807) is 31.4 Å². The van der Waals surface area contributed by atoms with Crippen LogP contribution in [0.1, 0.15) is 16.1 Å². The van der Waals surface area contributed by atoms with Crippen LogP contribution in [-0.2, 0) is 6.54 Å². The molecule has 0 unspecified atom stereocenters. The number of rotatable bonds is 5. The van der Waals surface area contributed by atoms with Crippen molar-refractivity contribution < 1.29 is 13.9 Å². The molecule has 0 aliphatic rings. The average Bonchev–Trinajstić information content (AvgIpc) is 3.09.